The van der Waals surface area contributed by atoms with Gasteiger partial charge >= 0.3 is 5.97 Å². The average Bonchev–Trinajstić information content (AvgIpc) is 2.58. The molecule has 0 amide bonds. The Morgan fingerprint density at radius 2 is 2.08 bits per heavy atom. The summed E-state index contributed by atoms with van der Waals surface area (Å²) in [6.07, 6.45) is 4.21. The minimum atomic E-state index is -0.805. The van der Waals surface area contributed by atoms with E-state index in [1.165, 1.54) is 0 Å². The summed E-state index contributed by atoms with van der Waals surface area (Å²) in [6.45, 7) is 0.692. The first kappa shape index (κ1) is 17.2. The predicted octanol–water partition coefficient (Wildman–Crippen LogP) is 4.42. The third kappa shape index (κ3) is 3.56. The summed E-state index contributed by atoms with van der Waals surface area (Å²) in [5.74, 6) is -0.805. The summed E-state index contributed by atoms with van der Waals surface area (Å²) in [6, 6.07) is 10.1. The molecule has 1 aromatic heterocycles. The third-order valence-electron chi connectivity index (χ3n) is 4.39. The van der Waals surface area contributed by atoms with Crippen LogP contribution in [0.1, 0.15) is 36.6 Å². The summed E-state index contributed by atoms with van der Waals surface area (Å²) in [5.41, 5.74) is 1.61. The van der Waals surface area contributed by atoms with Crippen LogP contribution in [0.4, 0.5) is 0 Å². The highest BCUT2D eigenvalue weighted by atomic mass is 35.5. The maximum Gasteiger partial charge on any atom is 0.320 e. The fourth-order valence-corrected chi connectivity index (χ4v) is 3.81. The maximum atomic E-state index is 11.8. The average molecular weight is 365 g/mol. The first-order chi connectivity index (χ1) is 11.6. The van der Waals surface area contributed by atoms with Gasteiger partial charge in [-0.2, -0.15) is 0 Å². The molecule has 0 aliphatic carbocycles. The van der Waals surface area contributed by atoms with E-state index in [0.29, 0.717) is 23.0 Å². The van der Waals surface area contributed by atoms with Crippen molar-refractivity contribution in [1.29, 1.82) is 0 Å². The van der Waals surface area contributed by atoms with Crippen molar-refractivity contribution in [3.8, 4) is 0 Å². The van der Waals surface area contributed by atoms with Gasteiger partial charge in [-0.15, -0.1) is 0 Å². The zero-order valence-electron chi connectivity index (χ0n) is 13.0. The van der Waals surface area contributed by atoms with Crippen LogP contribution in [-0.2, 0) is 4.79 Å². The summed E-state index contributed by atoms with van der Waals surface area (Å²) in [7, 11) is 0. The predicted molar refractivity (Wildman–Crippen MR) is 94.5 cm³/mol. The molecule has 1 aromatic carbocycles. The molecule has 0 bridgehead atoms. The first-order valence-electron chi connectivity index (χ1n) is 7.92. The molecule has 24 heavy (non-hydrogen) atoms. The van der Waals surface area contributed by atoms with Gasteiger partial charge in [0.25, 0.3) is 0 Å². The molecule has 2 unspecified atom stereocenters. The highest BCUT2D eigenvalue weighted by molar-refractivity contribution is 6.35. The van der Waals surface area contributed by atoms with E-state index in [1.54, 1.807) is 18.3 Å². The van der Waals surface area contributed by atoms with Gasteiger partial charge in [-0.05, 0) is 49.2 Å². The monoisotopic (exact) mass is 364 g/mol. The van der Waals surface area contributed by atoms with Gasteiger partial charge in [0.1, 0.15) is 6.04 Å². The van der Waals surface area contributed by atoms with Gasteiger partial charge in [0.05, 0.1) is 11.7 Å². The fourth-order valence-electron chi connectivity index (χ4n) is 3.30. The highest BCUT2D eigenvalue weighted by Gasteiger charge is 2.36. The van der Waals surface area contributed by atoms with E-state index in [0.717, 1.165) is 24.1 Å². The molecule has 6 heteroatoms. The van der Waals surface area contributed by atoms with Gasteiger partial charge < -0.3 is 5.11 Å². The van der Waals surface area contributed by atoms with Crippen LogP contribution < -0.4 is 0 Å². The van der Waals surface area contributed by atoms with Gasteiger partial charge in [-0.25, -0.2) is 0 Å². The molecule has 1 N–H and O–H groups in total. The van der Waals surface area contributed by atoms with Crippen molar-refractivity contribution in [2.45, 2.75) is 31.3 Å². The molecule has 3 rings (SSSR count). The number of pyridine rings is 1. The van der Waals surface area contributed by atoms with Crippen LogP contribution in [0.3, 0.4) is 0 Å². The number of rotatable bonds is 4. The Bertz CT molecular complexity index is 724. The molecule has 1 fully saturated rings. The van der Waals surface area contributed by atoms with Gasteiger partial charge in [-0.1, -0.05) is 41.8 Å². The van der Waals surface area contributed by atoms with Gasteiger partial charge in [-0.3, -0.25) is 14.7 Å². The quantitative estimate of drug-likeness (QED) is 0.872. The molecular formula is C18H18Cl2N2O2. The number of nitrogens with zero attached hydrogens (tertiary/aromatic N) is 2. The lowest BCUT2D eigenvalue weighted by Gasteiger charge is -2.39. The molecule has 1 aliphatic rings. The number of aromatic nitrogens is 1. The van der Waals surface area contributed by atoms with Crippen LogP contribution in [-0.4, -0.2) is 33.5 Å². The Kier molecular flexibility index (Phi) is 5.39. The molecule has 1 aliphatic heterocycles. The van der Waals surface area contributed by atoms with Gasteiger partial charge in [0.2, 0.25) is 0 Å². The molecule has 126 valence electrons. The molecule has 0 saturated carbocycles. The van der Waals surface area contributed by atoms with Crippen LogP contribution >= 0.6 is 23.2 Å². The van der Waals surface area contributed by atoms with Crippen molar-refractivity contribution in [3.05, 3.63) is 63.9 Å². The summed E-state index contributed by atoms with van der Waals surface area (Å²) >= 11 is 12.5. The molecular weight excluding hydrogens is 347 g/mol. The molecule has 2 atom stereocenters. The van der Waals surface area contributed by atoms with Crippen molar-refractivity contribution < 1.29 is 9.90 Å². The number of carboxylic acid groups (broad SMARTS) is 1. The number of benzene rings is 1. The third-order valence-corrected chi connectivity index (χ3v) is 4.95. The van der Waals surface area contributed by atoms with Crippen molar-refractivity contribution >= 4 is 29.2 Å². The Morgan fingerprint density at radius 3 is 2.75 bits per heavy atom. The summed E-state index contributed by atoms with van der Waals surface area (Å²) < 4.78 is 0. The molecule has 2 heterocycles. The topological polar surface area (TPSA) is 53.4 Å². The van der Waals surface area contributed by atoms with E-state index in [9.17, 15) is 9.90 Å². The zero-order valence-corrected chi connectivity index (χ0v) is 14.5. The smallest absolute Gasteiger partial charge is 0.320 e. The number of hydrogen-bond acceptors (Lipinski definition) is 3. The lowest BCUT2D eigenvalue weighted by atomic mass is 9.94. The minimum absolute atomic E-state index is 0.308. The summed E-state index contributed by atoms with van der Waals surface area (Å²) in [5, 5.41) is 10.7. The number of hydrogen-bond donors (Lipinski definition) is 1. The van der Waals surface area contributed by atoms with Crippen molar-refractivity contribution in [1.82, 2.24) is 9.88 Å². The number of likely N-dealkylation sites (tertiary alicyclic amines) is 1. The van der Waals surface area contributed by atoms with Crippen LogP contribution in [0.15, 0.2) is 42.6 Å². The van der Waals surface area contributed by atoms with Crippen molar-refractivity contribution in [3.63, 3.8) is 0 Å². The van der Waals surface area contributed by atoms with Gasteiger partial charge in [0.15, 0.2) is 0 Å². The summed E-state index contributed by atoms with van der Waals surface area (Å²) in [4.78, 5) is 18.2. The van der Waals surface area contributed by atoms with Crippen molar-refractivity contribution in [2.75, 3.05) is 6.54 Å². The highest BCUT2D eigenvalue weighted by Crippen LogP contribution is 2.37. The van der Waals surface area contributed by atoms with Crippen LogP contribution in [0, 0.1) is 0 Å². The van der Waals surface area contributed by atoms with E-state index in [-0.39, 0.29) is 6.04 Å². The second-order valence-electron chi connectivity index (χ2n) is 5.91. The SMILES string of the molecule is O=C(O)C1CCCCN1C(c1ccccn1)c1ccc(Cl)cc1Cl. The van der Waals surface area contributed by atoms with E-state index in [4.69, 9.17) is 23.2 Å². The second kappa shape index (κ2) is 7.51. The van der Waals surface area contributed by atoms with Crippen molar-refractivity contribution in [2.24, 2.45) is 0 Å². The largest absolute Gasteiger partial charge is 0.480 e. The molecule has 2 aromatic rings. The molecule has 4 nitrogen and oxygen atoms in total. The van der Waals surface area contributed by atoms with E-state index in [1.807, 2.05) is 29.2 Å². The number of carbonyl (C=O) groups is 1. The standard InChI is InChI=1S/C18H18Cl2N2O2/c19-12-7-8-13(14(20)11-12)17(15-5-1-3-9-21-15)22-10-4-2-6-16(22)18(23)24/h1,3,5,7-9,11,16-17H,2,4,6,10H2,(H,23,24). The van der Waals surface area contributed by atoms with E-state index in [2.05, 4.69) is 4.98 Å². The Morgan fingerprint density at radius 1 is 1.25 bits per heavy atom. The number of carboxylic acids is 1. The number of halogens is 2. The normalized spacial score (nSPS) is 19.8. The first-order valence-corrected chi connectivity index (χ1v) is 8.68. The molecule has 1 saturated heterocycles. The Hall–Kier alpha value is -1.62. The Balaban J connectivity index is 2.10. The molecule has 0 radical (unpaired) electrons. The minimum Gasteiger partial charge on any atom is -0.480 e. The molecule has 0 spiro atoms. The second-order valence-corrected chi connectivity index (χ2v) is 6.75. The van der Waals surface area contributed by atoms with Crippen LogP contribution in [0.2, 0.25) is 10.0 Å². The lowest BCUT2D eigenvalue weighted by molar-refractivity contribution is -0.145. The number of aliphatic carboxylic acids is 1. The van der Waals surface area contributed by atoms with Crippen LogP contribution in [0.25, 0.3) is 0 Å². The fraction of sp³-hybridized carbons (Fsp3) is 0.333. The van der Waals surface area contributed by atoms with E-state index >= 15 is 0 Å². The zero-order chi connectivity index (χ0) is 17.1. The number of piperidine rings is 1. The lowest BCUT2D eigenvalue weighted by Crippen LogP contribution is -2.47. The van der Waals surface area contributed by atoms with Gasteiger partial charge in [0, 0.05) is 16.2 Å². The van der Waals surface area contributed by atoms with E-state index < -0.39 is 12.0 Å². The maximum absolute atomic E-state index is 11.8. The Labute approximate surface area is 151 Å². The van der Waals surface area contributed by atoms with Crippen LogP contribution in [0.5, 0.6) is 0 Å².